The minimum absolute atomic E-state index is 0.166. The van der Waals surface area contributed by atoms with Crippen LogP contribution in [0.4, 0.5) is 0 Å². The van der Waals surface area contributed by atoms with E-state index in [0.29, 0.717) is 12.3 Å². The summed E-state index contributed by atoms with van der Waals surface area (Å²) in [5.74, 6) is 1.55. The molecule has 0 spiro atoms. The molecule has 88 valence electrons. The van der Waals surface area contributed by atoms with Gasteiger partial charge in [-0.2, -0.15) is 11.8 Å². The van der Waals surface area contributed by atoms with Gasteiger partial charge < -0.3 is 11.1 Å². The Hall–Kier alpha value is -0.220. The maximum absolute atomic E-state index is 11.7. The second-order valence-electron chi connectivity index (χ2n) is 4.48. The first-order valence-electron chi connectivity index (χ1n) is 5.67. The van der Waals surface area contributed by atoms with Crippen LogP contribution in [0.25, 0.3) is 0 Å². The molecule has 0 saturated heterocycles. The molecule has 1 fully saturated rings. The monoisotopic (exact) mass is 230 g/mol. The summed E-state index contributed by atoms with van der Waals surface area (Å²) < 4.78 is 0. The Morgan fingerprint density at radius 3 is 2.87 bits per heavy atom. The summed E-state index contributed by atoms with van der Waals surface area (Å²) in [7, 11) is 0. The third kappa shape index (κ3) is 4.43. The van der Waals surface area contributed by atoms with Crippen LogP contribution in [0.15, 0.2) is 0 Å². The summed E-state index contributed by atoms with van der Waals surface area (Å²) in [5, 5.41) is 3.01. The van der Waals surface area contributed by atoms with Gasteiger partial charge in [-0.15, -0.1) is 0 Å². The SMILES string of the molecule is CSCC(C)NC(=O)C[C@@H]1CCC[C@H]1N. The molecule has 0 aliphatic heterocycles. The Kier molecular flexibility index (Phi) is 5.47. The first-order valence-corrected chi connectivity index (χ1v) is 7.06. The zero-order valence-corrected chi connectivity index (χ0v) is 10.5. The zero-order chi connectivity index (χ0) is 11.3. The lowest BCUT2D eigenvalue weighted by Crippen LogP contribution is -2.37. The van der Waals surface area contributed by atoms with Gasteiger partial charge in [-0.05, 0) is 31.9 Å². The highest BCUT2D eigenvalue weighted by molar-refractivity contribution is 7.98. The predicted octanol–water partition coefficient (Wildman–Crippen LogP) is 1.37. The van der Waals surface area contributed by atoms with E-state index in [0.717, 1.165) is 18.6 Å². The Bertz CT molecular complexity index is 211. The van der Waals surface area contributed by atoms with Crippen molar-refractivity contribution in [2.24, 2.45) is 11.7 Å². The largest absolute Gasteiger partial charge is 0.353 e. The fourth-order valence-corrected chi connectivity index (χ4v) is 2.77. The minimum atomic E-state index is 0.166. The molecule has 0 radical (unpaired) electrons. The van der Waals surface area contributed by atoms with Crippen molar-refractivity contribution in [3.05, 3.63) is 0 Å². The molecule has 15 heavy (non-hydrogen) atoms. The molecule has 0 aromatic rings. The van der Waals surface area contributed by atoms with Gasteiger partial charge in [0, 0.05) is 24.3 Å². The Balaban J connectivity index is 2.23. The lowest BCUT2D eigenvalue weighted by molar-refractivity contribution is -0.122. The number of hydrogen-bond acceptors (Lipinski definition) is 3. The van der Waals surface area contributed by atoms with Crippen LogP contribution in [-0.4, -0.2) is 30.0 Å². The van der Waals surface area contributed by atoms with Gasteiger partial charge in [-0.1, -0.05) is 6.42 Å². The molecule has 1 amide bonds. The molecule has 1 saturated carbocycles. The first-order chi connectivity index (χ1) is 7.13. The van der Waals surface area contributed by atoms with E-state index >= 15 is 0 Å². The molecule has 3 N–H and O–H groups in total. The molecular weight excluding hydrogens is 208 g/mol. The number of hydrogen-bond donors (Lipinski definition) is 2. The molecule has 0 heterocycles. The van der Waals surface area contributed by atoms with Crippen LogP contribution in [-0.2, 0) is 4.79 Å². The molecule has 1 rings (SSSR count). The summed E-state index contributed by atoms with van der Waals surface area (Å²) in [6.45, 7) is 2.04. The number of nitrogens with one attached hydrogen (secondary N) is 1. The smallest absolute Gasteiger partial charge is 0.220 e. The van der Waals surface area contributed by atoms with Crippen LogP contribution in [0, 0.1) is 5.92 Å². The van der Waals surface area contributed by atoms with E-state index in [1.807, 2.05) is 6.92 Å². The van der Waals surface area contributed by atoms with Gasteiger partial charge in [0.1, 0.15) is 0 Å². The van der Waals surface area contributed by atoms with Crippen molar-refractivity contribution >= 4 is 17.7 Å². The highest BCUT2D eigenvalue weighted by atomic mass is 32.2. The molecule has 1 aliphatic carbocycles. The Morgan fingerprint density at radius 1 is 1.60 bits per heavy atom. The van der Waals surface area contributed by atoms with E-state index in [1.54, 1.807) is 11.8 Å². The number of nitrogens with two attached hydrogens (primary N) is 1. The van der Waals surface area contributed by atoms with E-state index in [9.17, 15) is 4.79 Å². The molecule has 1 aliphatic rings. The number of carbonyl (C=O) groups excluding carboxylic acids is 1. The van der Waals surface area contributed by atoms with Crippen molar-refractivity contribution < 1.29 is 4.79 Å². The van der Waals surface area contributed by atoms with Crippen molar-refractivity contribution in [1.29, 1.82) is 0 Å². The van der Waals surface area contributed by atoms with Crippen molar-refractivity contribution in [2.45, 2.75) is 44.7 Å². The summed E-state index contributed by atoms with van der Waals surface area (Å²) in [5.41, 5.74) is 5.93. The van der Waals surface area contributed by atoms with Crippen LogP contribution in [0.5, 0.6) is 0 Å². The molecule has 0 aromatic heterocycles. The number of amides is 1. The molecule has 3 nitrogen and oxygen atoms in total. The van der Waals surface area contributed by atoms with Crippen molar-refractivity contribution in [2.75, 3.05) is 12.0 Å². The average Bonchev–Trinajstić information content (AvgIpc) is 2.52. The highest BCUT2D eigenvalue weighted by Gasteiger charge is 2.26. The molecule has 1 unspecified atom stereocenters. The summed E-state index contributed by atoms with van der Waals surface area (Å²) in [6, 6.07) is 0.511. The minimum Gasteiger partial charge on any atom is -0.353 e. The average molecular weight is 230 g/mol. The maximum Gasteiger partial charge on any atom is 0.220 e. The molecule has 0 aromatic carbocycles. The molecular formula is C11H22N2OS. The summed E-state index contributed by atoms with van der Waals surface area (Å²) >= 11 is 1.76. The van der Waals surface area contributed by atoms with Gasteiger partial charge >= 0.3 is 0 Å². The van der Waals surface area contributed by atoms with Crippen LogP contribution in [0.1, 0.15) is 32.6 Å². The molecule has 4 heteroatoms. The maximum atomic E-state index is 11.7. The number of thioether (sulfide) groups is 1. The molecule has 0 bridgehead atoms. The summed E-state index contributed by atoms with van der Waals surface area (Å²) in [6.07, 6.45) is 6.04. The quantitative estimate of drug-likeness (QED) is 0.750. The van der Waals surface area contributed by atoms with Crippen molar-refractivity contribution in [1.82, 2.24) is 5.32 Å². The van der Waals surface area contributed by atoms with Gasteiger partial charge in [-0.3, -0.25) is 4.79 Å². The second-order valence-corrected chi connectivity index (χ2v) is 5.39. The third-order valence-electron chi connectivity index (χ3n) is 2.99. The fourth-order valence-electron chi connectivity index (χ4n) is 2.18. The third-order valence-corrected chi connectivity index (χ3v) is 3.82. The highest BCUT2D eigenvalue weighted by Crippen LogP contribution is 2.26. The molecule has 3 atom stereocenters. The van der Waals surface area contributed by atoms with E-state index in [-0.39, 0.29) is 18.0 Å². The van der Waals surface area contributed by atoms with Crippen LogP contribution >= 0.6 is 11.8 Å². The normalized spacial score (nSPS) is 27.7. The predicted molar refractivity (Wildman–Crippen MR) is 65.9 cm³/mol. The summed E-state index contributed by atoms with van der Waals surface area (Å²) in [4.78, 5) is 11.7. The van der Waals surface area contributed by atoms with E-state index in [1.165, 1.54) is 6.42 Å². The van der Waals surface area contributed by atoms with E-state index in [2.05, 4.69) is 11.6 Å². The standard InChI is InChI=1S/C11H22N2OS/c1-8(7-15-2)13-11(14)6-9-4-3-5-10(9)12/h8-10H,3-7,12H2,1-2H3,(H,13,14)/t8?,9-,10+/m0/s1. The van der Waals surface area contributed by atoms with Gasteiger partial charge in [0.2, 0.25) is 5.91 Å². The van der Waals surface area contributed by atoms with Crippen molar-refractivity contribution in [3.63, 3.8) is 0 Å². The van der Waals surface area contributed by atoms with Crippen LogP contribution < -0.4 is 11.1 Å². The second kappa shape index (κ2) is 6.38. The van der Waals surface area contributed by atoms with Crippen LogP contribution in [0.2, 0.25) is 0 Å². The Morgan fingerprint density at radius 2 is 2.33 bits per heavy atom. The number of carbonyl (C=O) groups is 1. The lowest BCUT2D eigenvalue weighted by atomic mass is 10.00. The van der Waals surface area contributed by atoms with Gasteiger partial charge in [0.05, 0.1) is 0 Å². The van der Waals surface area contributed by atoms with E-state index < -0.39 is 0 Å². The first kappa shape index (κ1) is 12.8. The van der Waals surface area contributed by atoms with E-state index in [4.69, 9.17) is 5.73 Å². The van der Waals surface area contributed by atoms with Gasteiger partial charge in [-0.25, -0.2) is 0 Å². The van der Waals surface area contributed by atoms with Crippen molar-refractivity contribution in [3.8, 4) is 0 Å². The topological polar surface area (TPSA) is 55.1 Å². The Labute approximate surface area is 96.6 Å². The lowest BCUT2D eigenvalue weighted by Gasteiger charge is -2.17. The fraction of sp³-hybridized carbons (Fsp3) is 0.909. The number of rotatable bonds is 5. The van der Waals surface area contributed by atoms with Gasteiger partial charge in [0.15, 0.2) is 0 Å². The van der Waals surface area contributed by atoms with Crippen LogP contribution in [0.3, 0.4) is 0 Å². The zero-order valence-electron chi connectivity index (χ0n) is 9.66. The van der Waals surface area contributed by atoms with Gasteiger partial charge in [0.25, 0.3) is 0 Å².